The number of hydrogen-bond donors (Lipinski definition) is 0. The van der Waals surface area contributed by atoms with Crippen molar-refractivity contribution in [1.82, 2.24) is 0 Å². The van der Waals surface area contributed by atoms with Crippen LogP contribution < -0.4 is 0 Å². The molecule has 1 aliphatic carbocycles. The van der Waals surface area contributed by atoms with Gasteiger partial charge in [-0.3, -0.25) is 0 Å². The molecule has 0 bridgehead atoms. The quantitative estimate of drug-likeness (QED) is 0.466. The molecule has 0 N–H and O–H groups in total. The van der Waals surface area contributed by atoms with Crippen molar-refractivity contribution in [1.29, 1.82) is 0 Å². The third-order valence-electron chi connectivity index (χ3n) is 5.30. The third kappa shape index (κ3) is 4.15. The maximum atomic E-state index is 13.4. The van der Waals surface area contributed by atoms with Crippen molar-refractivity contribution in [3.05, 3.63) is 57.9 Å². The summed E-state index contributed by atoms with van der Waals surface area (Å²) in [5.41, 5.74) is 2.73. The van der Waals surface area contributed by atoms with Crippen LogP contribution in [0.2, 0.25) is 0 Å². The first-order valence-corrected chi connectivity index (χ1v) is 9.63. The van der Waals surface area contributed by atoms with Gasteiger partial charge in [0, 0.05) is 5.41 Å². The van der Waals surface area contributed by atoms with Crippen LogP contribution in [0.3, 0.4) is 0 Å². The molecular weight excluding hydrogens is 351 g/mol. The Morgan fingerprint density at radius 1 is 1.04 bits per heavy atom. The monoisotopic (exact) mass is 378 g/mol. The largest absolute Gasteiger partial charge is 0.207 e. The van der Waals surface area contributed by atoms with E-state index in [2.05, 4.69) is 48.9 Å². The van der Waals surface area contributed by atoms with Gasteiger partial charge in [0.15, 0.2) is 0 Å². The predicted octanol–water partition coefficient (Wildman–Crippen LogP) is 7.30. The molecule has 0 heterocycles. The van der Waals surface area contributed by atoms with Crippen LogP contribution in [0.15, 0.2) is 46.5 Å². The summed E-state index contributed by atoms with van der Waals surface area (Å²) in [6.45, 7) is 6.90. The van der Waals surface area contributed by atoms with Gasteiger partial charge in [0.25, 0.3) is 0 Å². The van der Waals surface area contributed by atoms with E-state index in [0.717, 1.165) is 12.8 Å². The average molecular weight is 379 g/mol. The molecule has 0 spiro atoms. The van der Waals surface area contributed by atoms with Crippen LogP contribution >= 0.6 is 15.9 Å². The molecule has 126 valence electrons. The fraction of sp³-hybridized carbons (Fsp3) is 0.524. The molecule has 1 aromatic carbocycles. The third-order valence-corrected chi connectivity index (χ3v) is 5.96. The molecule has 0 amide bonds. The van der Waals surface area contributed by atoms with Gasteiger partial charge in [0.1, 0.15) is 5.82 Å². The first kappa shape index (κ1) is 18.4. The second-order valence-corrected chi connectivity index (χ2v) is 7.81. The van der Waals surface area contributed by atoms with Gasteiger partial charge >= 0.3 is 0 Å². The highest BCUT2D eigenvalue weighted by Gasteiger charge is 2.38. The molecule has 2 rings (SSSR count). The Morgan fingerprint density at radius 3 is 2.13 bits per heavy atom. The summed E-state index contributed by atoms with van der Waals surface area (Å²) in [5, 5.41) is 0. The van der Waals surface area contributed by atoms with Crippen molar-refractivity contribution in [2.75, 3.05) is 0 Å². The van der Waals surface area contributed by atoms with Crippen molar-refractivity contribution in [3.8, 4) is 0 Å². The lowest BCUT2D eigenvalue weighted by Crippen LogP contribution is -2.35. The molecule has 2 heteroatoms. The molecular formula is C21H28BrF. The maximum absolute atomic E-state index is 13.4. The number of rotatable bonds is 7. The van der Waals surface area contributed by atoms with Crippen molar-refractivity contribution in [2.24, 2.45) is 5.92 Å². The Kier molecular flexibility index (Phi) is 6.64. The van der Waals surface area contributed by atoms with Gasteiger partial charge in [-0.25, -0.2) is 4.39 Å². The molecule has 0 aliphatic heterocycles. The van der Waals surface area contributed by atoms with Crippen LogP contribution in [0, 0.1) is 11.7 Å². The van der Waals surface area contributed by atoms with E-state index >= 15 is 0 Å². The van der Waals surface area contributed by atoms with Crippen LogP contribution in [0.25, 0.3) is 0 Å². The van der Waals surface area contributed by atoms with Gasteiger partial charge in [0.2, 0.25) is 0 Å². The second kappa shape index (κ2) is 8.28. The summed E-state index contributed by atoms with van der Waals surface area (Å²) >= 11 is 3.61. The van der Waals surface area contributed by atoms with Gasteiger partial charge in [-0.05, 0) is 53.8 Å². The topological polar surface area (TPSA) is 0 Å². The fourth-order valence-electron chi connectivity index (χ4n) is 3.94. The first-order valence-electron chi connectivity index (χ1n) is 8.84. The average Bonchev–Trinajstić information content (AvgIpc) is 2.55. The zero-order valence-corrected chi connectivity index (χ0v) is 16.1. The minimum atomic E-state index is -0.154. The standard InChI is InChI=1S/C21H28BrF/c1-4-6-16(7-5-2)21(3,17-8-12-19(22)13-9-17)18-10-14-20(23)15-11-18/h8,10-12,14-16H,4-7,9,13H2,1-3H3. The Morgan fingerprint density at radius 2 is 1.65 bits per heavy atom. The van der Waals surface area contributed by atoms with E-state index in [4.69, 9.17) is 0 Å². The lowest BCUT2D eigenvalue weighted by Gasteiger charge is -2.42. The van der Waals surface area contributed by atoms with E-state index in [1.807, 2.05) is 12.1 Å². The molecule has 0 radical (unpaired) electrons. The fourth-order valence-corrected chi connectivity index (χ4v) is 4.27. The van der Waals surface area contributed by atoms with Gasteiger partial charge in [-0.1, -0.05) is 79.4 Å². The summed E-state index contributed by atoms with van der Waals surface area (Å²) in [5.74, 6) is 0.443. The van der Waals surface area contributed by atoms with Crippen molar-refractivity contribution >= 4 is 15.9 Å². The first-order chi connectivity index (χ1) is 11.0. The lowest BCUT2D eigenvalue weighted by atomic mass is 9.62. The minimum Gasteiger partial charge on any atom is -0.207 e. The summed E-state index contributed by atoms with van der Waals surface area (Å²) in [6, 6.07) is 7.19. The maximum Gasteiger partial charge on any atom is 0.123 e. The van der Waals surface area contributed by atoms with E-state index in [9.17, 15) is 4.39 Å². The molecule has 0 aromatic heterocycles. The highest BCUT2D eigenvalue weighted by atomic mass is 79.9. The van der Waals surface area contributed by atoms with E-state index in [-0.39, 0.29) is 11.2 Å². The Labute approximate surface area is 149 Å². The number of halogens is 2. The molecule has 1 aliphatic rings. The van der Waals surface area contributed by atoms with Gasteiger partial charge in [-0.2, -0.15) is 0 Å². The molecule has 1 atom stereocenters. The highest BCUT2D eigenvalue weighted by Crippen LogP contribution is 2.46. The SMILES string of the molecule is CCCC(CCC)C(C)(C1=CC=C(Br)CC1)c1ccc(F)cc1. The van der Waals surface area contributed by atoms with Crippen molar-refractivity contribution in [2.45, 2.75) is 64.7 Å². The Bertz CT molecular complexity index is 564. The van der Waals surface area contributed by atoms with E-state index < -0.39 is 0 Å². The summed E-state index contributed by atoms with van der Waals surface area (Å²) in [4.78, 5) is 0. The zero-order valence-electron chi connectivity index (χ0n) is 14.5. The Hall–Kier alpha value is -0.890. The van der Waals surface area contributed by atoms with Crippen LogP contribution in [0.5, 0.6) is 0 Å². The van der Waals surface area contributed by atoms with E-state index in [0.29, 0.717) is 5.92 Å². The van der Waals surface area contributed by atoms with Gasteiger partial charge < -0.3 is 0 Å². The molecule has 1 aromatic rings. The normalized spacial score (nSPS) is 17.7. The molecule has 1 unspecified atom stereocenters. The molecule has 23 heavy (non-hydrogen) atoms. The summed E-state index contributed by atoms with van der Waals surface area (Å²) < 4.78 is 14.7. The van der Waals surface area contributed by atoms with E-state index in [1.54, 1.807) is 12.1 Å². The Balaban J connectivity index is 2.50. The van der Waals surface area contributed by atoms with Gasteiger partial charge in [-0.15, -0.1) is 0 Å². The number of benzene rings is 1. The van der Waals surface area contributed by atoms with Gasteiger partial charge in [0.05, 0.1) is 0 Å². The minimum absolute atomic E-state index is 0.0100. The molecule has 0 saturated carbocycles. The van der Waals surface area contributed by atoms with E-state index in [1.165, 1.54) is 41.3 Å². The molecule has 0 nitrogen and oxygen atoms in total. The second-order valence-electron chi connectivity index (χ2n) is 6.79. The van der Waals surface area contributed by atoms with Crippen molar-refractivity contribution < 1.29 is 4.39 Å². The smallest absolute Gasteiger partial charge is 0.123 e. The predicted molar refractivity (Wildman–Crippen MR) is 101 cm³/mol. The highest BCUT2D eigenvalue weighted by molar-refractivity contribution is 9.11. The van der Waals surface area contributed by atoms with Crippen LogP contribution in [-0.4, -0.2) is 0 Å². The van der Waals surface area contributed by atoms with Crippen LogP contribution in [0.1, 0.15) is 64.9 Å². The van der Waals surface area contributed by atoms with Crippen LogP contribution in [0.4, 0.5) is 4.39 Å². The van der Waals surface area contributed by atoms with Crippen molar-refractivity contribution in [3.63, 3.8) is 0 Å². The molecule has 0 saturated heterocycles. The van der Waals surface area contributed by atoms with Crippen LogP contribution in [-0.2, 0) is 5.41 Å². The number of hydrogen-bond acceptors (Lipinski definition) is 0. The summed E-state index contributed by atoms with van der Waals surface area (Å²) in [7, 11) is 0. The summed E-state index contributed by atoms with van der Waals surface area (Å²) in [6.07, 6.45) is 11.4. The zero-order chi connectivity index (χ0) is 16.9. The molecule has 0 fully saturated rings. The number of allylic oxidation sites excluding steroid dienone is 4. The lowest BCUT2D eigenvalue weighted by molar-refractivity contribution is 0.287.